The third kappa shape index (κ3) is 24.0. The third-order valence-corrected chi connectivity index (χ3v) is 30.1. The number of carbonyl (C=O) groups is 2. The molecular weight excluding hydrogens is 1900 g/mol. The number of urea groups is 1. The lowest BCUT2D eigenvalue weighted by Gasteiger charge is -2.19. The predicted octanol–water partition coefficient (Wildman–Crippen LogP) is 23.6. The van der Waals surface area contributed by atoms with Crippen molar-refractivity contribution in [3.05, 3.63) is 240 Å². The fourth-order valence-corrected chi connectivity index (χ4v) is 21.9. The number of fused-ring (bicyclic) bond motifs is 5. The van der Waals surface area contributed by atoms with Gasteiger partial charge in [0.1, 0.15) is 72.4 Å². The maximum Gasteiger partial charge on any atom is 0.411 e. The van der Waals surface area contributed by atoms with Gasteiger partial charge >= 0.3 is 12.1 Å². The van der Waals surface area contributed by atoms with Crippen LogP contribution in [0.5, 0.6) is 28.7 Å². The number of aromatic nitrogens is 5. The highest BCUT2D eigenvalue weighted by Gasteiger charge is 2.40. The first kappa shape index (κ1) is 106. The van der Waals surface area contributed by atoms with Crippen LogP contribution < -0.4 is 53.4 Å². The smallest absolute Gasteiger partial charge is 0.411 e. The monoisotopic (exact) mass is 2010 g/mol. The Labute approximate surface area is 845 Å². The summed E-state index contributed by atoms with van der Waals surface area (Å²) in [5, 5.41) is 61.1. The van der Waals surface area contributed by atoms with Gasteiger partial charge in [-0.25, -0.2) is 39.2 Å². The summed E-state index contributed by atoms with van der Waals surface area (Å²) in [5.74, 6) is 3.78. The minimum Gasteiger partial charge on any atom is -0.494 e. The second-order valence-electron chi connectivity index (χ2n) is 33.7. The largest absolute Gasteiger partial charge is 0.494 e. The average molecular weight is 2020 g/mol. The number of hydrogen-bond donors (Lipinski definition) is 5. The Hall–Kier alpha value is -15.9. The van der Waals surface area contributed by atoms with Crippen molar-refractivity contribution in [3.8, 4) is 115 Å². The Morgan fingerprint density at radius 3 is 0.979 bits per heavy atom. The minimum atomic E-state index is -3.38. The molecule has 5 aromatic heterocycles. The van der Waals surface area contributed by atoms with E-state index in [2.05, 4.69) is 69.4 Å². The number of nitrogens with zero attached hydrogens (tertiary/aromatic N) is 11. The molecule has 2 aliphatic rings. The zero-order valence-corrected chi connectivity index (χ0v) is 86.0. The standard InChI is InChI=1S/C23H24FN3O3S.C22H24N4O2.C22H23N3O3S.C22H25N3O3S.C22H23N3O3/c1-3-27-22-14-18(30-13-12-24)8-11-20(22)21(15-25)23(27)16-4-6-17(7-5-16)26(2)31(28,29)19-9-10-19;1-4-24-22(27)25-16-9-12-18-19(14-23)21(26(5-2)20(18)13-16)15-7-10-17(11-8-15)28-6-3;1-3-25-21-13-16(24-29(26,27)18-10-11-18)7-12-19(21)20(14-23)22(25)15-5-8-17(9-6-15)28-4-2;1-4-13-29(26,27)24-17-9-12-19-20(15-23)22(25(5-2)21(19)14-17)16-7-10-18(11-8-16)28-6-3;1-4-25-20-13-16(24-22(26)28-6-3)9-12-18(20)19(14-23)21(25)15-7-10-17(11-8-15)27-5-2/h4-8,11,14,19H,3,9-10,12-13H2,1-2H3;7-13H,4-6H2,1-3H3,(H2,24,25,27);5-9,12-13,18,24H,3-4,10-11H2,1-2H3;7-12,14,24H,4-6,13H2,1-3H3;7-13H,4-6H2,1-3H3,(H,24,26). The Morgan fingerprint density at radius 1 is 0.372 bits per heavy atom. The highest BCUT2D eigenvalue weighted by Crippen LogP contribution is 2.44. The molecule has 34 heteroatoms. The number of nitrogens with one attached hydrogen (secondary N) is 5. The number of nitriles is 5. The van der Waals surface area contributed by atoms with Gasteiger partial charge in [0.25, 0.3) is 0 Å². The highest BCUT2D eigenvalue weighted by molar-refractivity contribution is 7.94. The molecule has 0 aliphatic heterocycles. The second-order valence-corrected chi connectivity index (χ2v) is 39.8. The highest BCUT2D eigenvalue weighted by atomic mass is 32.2. The minimum absolute atomic E-state index is 0.0188. The molecule has 10 aromatic carbocycles. The van der Waals surface area contributed by atoms with Crippen LogP contribution in [0, 0.1) is 56.7 Å². The average Bonchev–Trinajstić information content (AvgIpc) is 1.62. The van der Waals surface area contributed by atoms with Crippen molar-refractivity contribution >= 4 is 125 Å². The third-order valence-electron chi connectivity index (χ3n) is 24.5. The summed E-state index contributed by atoms with van der Waals surface area (Å²) in [6, 6.07) is 76.7. The lowest BCUT2D eigenvalue weighted by Crippen LogP contribution is -2.29. The zero-order valence-electron chi connectivity index (χ0n) is 83.5. The van der Waals surface area contributed by atoms with Crippen LogP contribution >= 0.6 is 0 Å². The normalized spacial score (nSPS) is 12.1. The molecule has 2 aliphatic carbocycles. The molecule has 15 aromatic rings. The summed E-state index contributed by atoms with van der Waals surface area (Å²) in [5.41, 5.74) is 18.9. The molecule has 752 valence electrons. The van der Waals surface area contributed by atoms with Gasteiger partial charge < -0.3 is 61.9 Å². The van der Waals surface area contributed by atoms with E-state index in [4.69, 9.17) is 28.4 Å². The van der Waals surface area contributed by atoms with Crippen LogP contribution in [-0.4, -0.2) is 136 Å². The van der Waals surface area contributed by atoms with Crippen LogP contribution in [0.25, 0.3) is 111 Å². The number of rotatable bonds is 35. The summed E-state index contributed by atoms with van der Waals surface area (Å²) in [6.45, 7) is 29.3. The molecule has 0 bridgehead atoms. The van der Waals surface area contributed by atoms with Crippen molar-refractivity contribution in [1.82, 2.24) is 28.2 Å². The van der Waals surface area contributed by atoms with Crippen LogP contribution in [0.4, 0.5) is 42.4 Å². The number of alkyl halides is 1. The number of benzene rings is 10. The van der Waals surface area contributed by atoms with Crippen molar-refractivity contribution in [1.29, 1.82) is 26.3 Å². The van der Waals surface area contributed by atoms with Crippen LogP contribution in [0.15, 0.2) is 212 Å². The summed E-state index contributed by atoms with van der Waals surface area (Å²) in [7, 11) is -8.47. The lowest BCUT2D eigenvalue weighted by atomic mass is 10.1. The number of aryl methyl sites for hydroxylation is 5. The van der Waals surface area contributed by atoms with E-state index in [0.717, 1.165) is 134 Å². The van der Waals surface area contributed by atoms with E-state index >= 15 is 0 Å². The number of hydrogen-bond acceptors (Lipinski definition) is 19. The fourth-order valence-electron chi connectivity index (χ4n) is 17.8. The fraction of sp³-hybridized carbons (Fsp3) is 0.306. The molecule has 2 saturated carbocycles. The molecular formula is C111H119FN16O14S3. The van der Waals surface area contributed by atoms with Gasteiger partial charge in [0, 0.05) is 90.7 Å². The van der Waals surface area contributed by atoms with E-state index < -0.39 is 42.8 Å². The van der Waals surface area contributed by atoms with Gasteiger partial charge in [-0.15, -0.1) is 0 Å². The zero-order chi connectivity index (χ0) is 104. The maximum atomic E-state index is 12.5. The van der Waals surface area contributed by atoms with Crippen molar-refractivity contribution in [2.24, 2.45) is 0 Å². The number of halogens is 1. The van der Waals surface area contributed by atoms with Crippen LogP contribution in [-0.2, 0) is 67.5 Å². The Bertz CT molecular complexity index is 7640. The van der Waals surface area contributed by atoms with Crippen LogP contribution in [0.3, 0.4) is 0 Å². The molecule has 0 radical (unpaired) electrons. The van der Waals surface area contributed by atoms with Gasteiger partial charge in [0.2, 0.25) is 30.1 Å². The number of ether oxygens (including phenoxy) is 6. The molecule has 145 heavy (non-hydrogen) atoms. The number of sulfonamides is 3. The van der Waals surface area contributed by atoms with E-state index in [9.17, 15) is 65.5 Å². The molecule has 30 nitrogen and oxygen atoms in total. The topological polar surface area (TPSA) is 399 Å². The maximum absolute atomic E-state index is 12.5. The molecule has 2 fully saturated rings. The van der Waals surface area contributed by atoms with Gasteiger partial charge in [0.15, 0.2) is 0 Å². The Balaban J connectivity index is 0.000000152. The quantitative estimate of drug-likeness (QED) is 0.0246. The van der Waals surface area contributed by atoms with E-state index in [1.54, 1.807) is 56.4 Å². The number of carbonyl (C=O) groups excluding carboxylic acids is 2. The van der Waals surface area contributed by atoms with Gasteiger partial charge in [-0.2, -0.15) is 26.3 Å². The van der Waals surface area contributed by atoms with Crippen molar-refractivity contribution in [3.63, 3.8) is 0 Å². The molecule has 0 atom stereocenters. The van der Waals surface area contributed by atoms with Crippen LogP contribution in [0.1, 0.15) is 143 Å². The molecule has 17 rings (SSSR count). The van der Waals surface area contributed by atoms with E-state index in [0.29, 0.717) is 166 Å². The molecule has 3 amide bonds. The lowest BCUT2D eigenvalue weighted by molar-refractivity contribution is 0.168. The predicted molar refractivity (Wildman–Crippen MR) is 572 cm³/mol. The first-order valence-electron chi connectivity index (χ1n) is 48.6. The molecule has 5 N–H and O–H groups in total. The SMILES string of the molecule is CCCS(=O)(=O)Nc1ccc2c(C#N)c(-c3ccc(OCC)cc3)n(CC)c2c1.CCNC(=O)Nc1ccc2c(C#N)c(-c3ccc(OCC)cc3)n(CC)c2c1.CCOC(=O)Nc1ccc2c(C#N)c(-c3ccc(OCC)cc3)n(CC)c2c1.CCOc1ccc(-c2c(C#N)c3ccc(NS(=O)(=O)C4CC4)cc3n2CC)cc1.CCn1c(-c2ccc(N(C)S(=O)(=O)C3CC3)cc2)c(C#N)c2ccc(OCCF)cc21. The van der Waals surface area contributed by atoms with Crippen molar-refractivity contribution < 1.29 is 67.7 Å². The van der Waals surface area contributed by atoms with Gasteiger partial charge in [-0.05, 0) is 330 Å². The van der Waals surface area contributed by atoms with Crippen molar-refractivity contribution in [2.45, 2.75) is 158 Å². The molecule has 0 spiro atoms. The van der Waals surface area contributed by atoms with Gasteiger partial charge in [-0.3, -0.25) is 19.1 Å². The molecule has 0 unspecified atom stereocenters. The van der Waals surface area contributed by atoms with Gasteiger partial charge in [-0.1, -0.05) is 19.1 Å². The summed E-state index contributed by atoms with van der Waals surface area (Å²) in [4.78, 5) is 23.6. The number of anilines is 5. The van der Waals surface area contributed by atoms with Crippen molar-refractivity contribution in [2.75, 3.05) is 90.0 Å². The Kier molecular flexibility index (Phi) is 35.4. The second kappa shape index (κ2) is 48.2. The summed E-state index contributed by atoms with van der Waals surface area (Å²) >= 11 is 0. The summed E-state index contributed by atoms with van der Waals surface area (Å²) in [6.07, 6.45) is 2.90. The Morgan fingerprint density at radius 2 is 0.676 bits per heavy atom. The van der Waals surface area contributed by atoms with Crippen LogP contribution in [0.2, 0.25) is 0 Å². The van der Waals surface area contributed by atoms with E-state index in [1.807, 2.05) is 255 Å². The van der Waals surface area contributed by atoms with Gasteiger partial charge in [0.05, 0.1) is 150 Å². The molecule has 5 heterocycles. The number of amides is 3. The molecule has 0 saturated heterocycles. The van der Waals surface area contributed by atoms with E-state index in [-0.39, 0.29) is 28.9 Å². The first-order valence-corrected chi connectivity index (χ1v) is 53.3. The summed E-state index contributed by atoms with van der Waals surface area (Å²) < 4.78 is 136. The van der Waals surface area contributed by atoms with E-state index in [1.165, 1.54) is 4.31 Å². The first-order chi connectivity index (χ1) is 70.1.